The number of rotatable bonds is 2. The van der Waals surface area contributed by atoms with E-state index >= 15 is 0 Å². The average molecular weight is 241 g/mol. The summed E-state index contributed by atoms with van der Waals surface area (Å²) in [4.78, 5) is 6.66. The van der Waals surface area contributed by atoms with Gasteiger partial charge in [-0.3, -0.25) is 0 Å². The van der Waals surface area contributed by atoms with E-state index in [1.54, 1.807) is 13.8 Å². The number of hydrogen-bond donors (Lipinski definition) is 0. The Morgan fingerprint density at radius 2 is 2.00 bits per heavy atom. The number of nitrogens with zero attached hydrogens (tertiary/aromatic N) is 2. The van der Waals surface area contributed by atoms with Crippen molar-refractivity contribution < 1.29 is 17.9 Å². The molecule has 0 aromatic carbocycles. The van der Waals surface area contributed by atoms with Crippen molar-refractivity contribution in [2.75, 3.05) is 0 Å². The monoisotopic (exact) mass is 240 g/mol. The molecule has 0 amide bonds. The molecule has 3 nitrogen and oxygen atoms in total. The maximum atomic E-state index is 12.4. The van der Waals surface area contributed by atoms with Gasteiger partial charge in [-0.05, 0) is 25.4 Å². The van der Waals surface area contributed by atoms with Crippen molar-refractivity contribution in [3.05, 3.63) is 17.0 Å². The smallest absolute Gasteiger partial charge is 0.423 e. The largest absolute Gasteiger partial charge is 0.474 e. The first-order chi connectivity index (χ1) is 6.80. The molecule has 0 radical (unpaired) electrons. The molecule has 0 spiro atoms. The number of aromatic nitrogens is 2. The van der Waals surface area contributed by atoms with E-state index in [9.17, 15) is 13.2 Å². The summed E-state index contributed by atoms with van der Waals surface area (Å²) in [6, 6.07) is 0. The third kappa shape index (κ3) is 3.23. The van der Waals surface area contributed by atoms with E-state index in [2.05, 4.69) is 9.97 Å². The van der Waals surface area contributed by atoms with E-state index in [-0.39, 0.29) is 5.28 Å². The quantitative estimate of drug-likeness (QED) is 0.746. The summed E-state index contributed by atoms with van der Waals surface area (Å²) in [6.07, 6.45) is -4.36. The molecule has 0 fully saturated rings. The van der Waals surface area contributed by atoms with Crippen LogP contribution in [0.2, 0.25) is 5.28 Å². The van der Waals surface area contributed by atoms with Gasteiger partial charge in [-0.25, -0.2) is 4.98 Å². The third-order valence-electron chi connectivity index (χ3n) is 1.38. The molecule has 1 aromatic heterocycles. The van der Waals surface area contributed by atoms with Crippen LogP contribution in [0.4, 0.5) is 13.2 Å². The molecule has 84 valence electrons. The molecule has 0 aliphatic heterocycles. The molecular weight excluding hydrogens is 233 g/mol. The second-order valence-corrected chi connectivity index (χ2v) is 3.36. The Bertz CT molecular complexity index is 354. The highest BCUT2D eigenvalue weighted by atomic mass is 35.5. The molecule has 1 heterocycles. The zero-order valence-corrected chi connectivity index (χ0v) is 8.73. The van der Waals surface area contributed by atoms with Crippen LogP contribution in [0.25, 0.3) is 0 Å². The summed E-state index contributed by atoms with van der Waals surface area (Å²) in [6.45, 7) is 3.19. The molecule has 1 aromatic rings. The lowest BCUT2D eigenvalue weighted by atomic mass is 10.3. The van der Waals surface area contributed by atoms with Crippen molar-refractivity contribution >= 4 is 11.6 Å². The van der Waals surface area contributed by atoms with Crippen molar-refractivity contribution in [2.24, 2.45) is 0 Å². The minimum Gasteiger partial charge on any atom is -0.474 e. The average Bonchev–Trinajstić information content (AvgIpc) is 1.99. The van der Waals surface area contributed by atoms with Crippen LogP contribution >= 0.6 is 11.6 Å². The molecule has 0 atom stereocenters. The lowest BCUT2D eigenvalue weighted by Gasteiger charge is -2.14. The number of ether oxygens (including phenoxy) is 1. The van der Waals surface area contributed by atoms with Crippen molar-refractivity contribution in [1.82, 2.24) is 9.97 Å². The fourth-order valence-corrected chi connectivity index (χ4v) is 0.979. The maximum absolute atomic E-state index is 12.4. The van der Waals surface area contributed by atoms with Crippen LogP contribution in [0.15, 0.2) is 6.20 Å². The summed E-state index contributed by atoms with van der Waals surface area (Å²) in [7, 11) is 0. The minimum absolute atomic E-state index is 0.279. The van der Waals surface area contributed by atoms with Gasteiger partial charge >= 0.3 is 6.18 Å². The van der Waals surface area contributed by atoms with Gasteiger partial charge in [0.05, 0.1) is 6.10 Å². The van der Waals surface area contributed by atoms with Crippen molar-refractivity contribution in [2.45, 2.75) is 26.1 Å². The summed E-state index contributed by atoms with van der Waals surface area (Å²) < 4.78 is 42.2. The van der Waals surface area contributed by atoms with Crippen LogP contribution in [-0.4, -0.2) is 16.1 Å². The molecule has 7 heteroatoms. The van der Waals surface area contributed by atoms with Crippen LogP contribution in [-0.2, 0) is 6.18 Å². The first-order valence-corrected chi connectivity index (χ1v) is 4.45. The molecule has 0 bridgehead atoms. The second-order valence-electron chi connectivity index (χ2n) is 3.02. The predicted molar refractivity (Wildman–Crippen MR) is 47.8 cm³/mol. The van der Waals surface area contributed by atoms with E-state index in [1.165, 1.54) is 0 Å². The number of hydrogen-bond acceptors (Lipinski definition) is 3. The molecule has 0 N–H and O–H groups in total. The van der Waals surface area contributed by atoms with Gasteiger partial charge in [0.25, 0.3) is 0 Å². The van der Waals surface area contributed by atoms with Crippen LogP contribution < -0.4 is 4.74 Å². The van der Waals surface area contributed by atoms with Gasteiger partial charge in [0, 0.05) is 6.20 Å². The Morgan fingerprint density at radius 1 is 1.40 bits per heavy atom. The second kappa shape index (κ2) is 4.22. The van der Waals surface area contributed by atoms with E-state index in [4.69, 9.17) is 16.3 Å². The highest BCUT2D eigenvalue weighted by Gasteiger charge is 2.36. The van der Waals surface area contributed by atoms with Gasteiger partial charge in [-0.15, -0.1) is 0 Å². The zero-order chi connectivity index (χ0) is 11.6. The van der Waals surface area contributed by atoms with Gasteiger partial charge in [0.15, 0.2) is 0 Å². The Labute approximate surface area is 89.2 Å². The topological polar surface area (TPSA) is 35.0 Å². The van der Waals surface area contributed by atoms with E-state index in [0.717, 1.165) is 0 Å². The molecule has 0 unspecified atom stereocenters. The standard InChI is InChI=1S/C8H8ClF3N2O/c1-4(2)15-6-5(8(10,11)12)3-13-7(9)14-6/h3-4H,1-2H3. The first-order valence-electron chi connectivity index (χ1n) is 4.07. The van der Waals surface area contributed by atoms with Crippen LogP contribution in [0.5, 0.6) is 5.88 Å². The maximum Gasteiger partial charge on any atom is 0.423 e. The summed E-state index contributed by atoms with van der Waals surface area (Å²) in [5.41, 5.74) is -1.03. The lowest BCUT2D eigenvalue weighted by Crippen LogP contribution is -2.14. The Kier molecular flexibility index (Phi) is 3.38. The molecule has 0 aliphatic carbocycles. The highest BCUT2D eigenvalue weighted by molar-refractivity contribution is 6.28. The molecule has 0 saturated heterocycles. The normalized spacial score (nSPS) is 11.9. The van der Waals surface area contributed by atoms with Gasteiger partial charge < -0.3 is 4.74 Å². The predicted octanol–water partition coefficient (Wildman–Crippen LogP) is 2.94. The van der Waals surface area contributed by atoms with Crippen LogP contribution in [0, 0.1) is 0 Å². The zero-order valence-electron chi connectivity index (χ0n) is 7.97. The SMILES string of the molecule is CC(C)Oc1nc(Cl)ncc1C(F)(F)F. The summed E-state index contributed by atoms with van der Waals surface area (Å²) in [5.74, 6) is -0.544. The Hall–Kier alpha value is -1.04. The summed E-state index contributed by atoms with van der Waals surface area (Å²) >= 11 is 5.38. The molecule has 15 heavy (non-hydrogen) atoms. The molecule has 0 saturated carbocycles. The fourth-order valence-electron chi connectivity index (χ4n) is 0.853. The van der Waals surface area contributed by atoms with Crippen molar-refractivity contribution in [3.63, 3.8) is 0 Å². The van der Waals surface area contributed by atoms with Crippen molar-refractivity contribution in [1.29, 1.82) is 0 Å². The van der Waals surface area contributed by atoms with Crippen LogP contribution in [0.1, 0.15) is 19.4 Å². The van der Waals surface area contributed by atoms with Gasteiger partial charge in [0.2, 0.25) is 11.2 Å². The molecule has 0 aliphatic rings. The van der Waals surface area contributed by atoms with Crippen molar-refractivity contribution in [3.8, 4) is 5.88 Å². The minimum atomic E-state index is -4.55. The fraction of sp³-hybridized carbons (Fsp3) is 0.500. The van der Waals surface area contributed by atoms with E-state index in [0.29, 0.717) is 6.20 Å². The molecule has 1 rings (SSSR count). The molecular formula is C8H8ClF3N2O. The Balaban J connectivity index is 3.15. The first kappa shape index (κ1) is 12.0. The van der Waals surface area contributed by atoms with E-state index < -0.39 is 23.7 Å². The van der Waals surface area contributed by atoms with Gasteiger partial charge in [-0.1, -0.05) is 0 Å². The van der Waals surface area contributed by atoms with Crippen LogP contribution in [0.3, 0.4) is 0 Å². The number of alkyl halides is 3. The highest BCUT2D eigenvalue weighted by Crippen LogP contribution is 2.35. The van der Waals surface area contributed by atoms with E-state index in [1.807, 2.05) is 0 Å². The lowest BCUT2D eigenvalue weighted by molar-refractivity contribution is -0.139. The Morgan fingerprint density at radius 3 is 2.47 bits per heavy atom. The van der Waals surface area contributed by atoms with Gasteiger partial charge in [-0.2, -0.15) is 18.2 Å². The third-order valence-corrected chi connectivity index (χ3v) is 1.56. The summed E-state index contributed by atoms with van der Waals surface area (Å²) in [5, 5.41) is -0.279. The van der Waals surface area contributed by atoms with Gasteiger partial charge in [0.1, 0.15) is 5.56 Å². The number of halogens is 4.